The van der Waals surface area contributed by atoms with E-state index < -0.39 is 18.1 Å². The van der Waals surface area contributed by atoms with Crippen LogP contribution in [0.3, 0.4) is 0 Å². The van der Waals surface area contributed by atoms with Crippen LogP contribution in [0.25, 0.3) is 0 Å². The minimum absolute atomic E-state index is 0.112. The third-order valence-corrected chi connectivity index (χ3v) is 3.92. The smallest absolute Gasteiger partial charge is 0.323 e. The molecular formula is C17H24N2O3. The fourth-order valence-electron chi connectivity index (χ4n) is 2.64. The zero-order chi connectivity index (χ0) is 16.1. The van der Waals surface area contributed by atoms with Crippen LogP contribution in [-0.2, 0) is 20.7 Å². The van der Waals surface area contributed by atoms with Gasteiger partial charge in [-0.2, -0.15) is 0 Å². The highest BCUT2D eigenvalue weighted by Crippen LogP contribution is 2.27. The summed E-state index contributed by atoms with van der Waals surface area (Å²) in [4.78, 5) is 24.5. The highest BCUT2D eigenvalue weighted by atomic mass is 16.5. The van der Waals surface area contributed by atoms with Crippen molar-refractivity contribution in [2.45, 2.75) is 51.2 Å². The molecule has 0 bridgehead atoms. The number of benzene rings is 1. The van der Waals surface area contributed by atoms with E-state index in [4.69, 9.17) is 10.5 Å². The van der Waals surface area contributed by atoms with Crippen molar-refractivity contribution in [2.75, 3.05) is 6.61 Å². The molecule has 3 N–H and O–H groups in total. The minimum atomic E-state index is -0.583. The number of rotatable bonds is 6. The molecule has 2 rings (SSSR count). The number of fused-ring (bicyclic) bond motifs is 1. The molecule has 3 atom stereocenters. The van der Waals surface area contributed by atoms with Crippen molar-refractivity contribution in [2.24, 2.45) is 5.73 Å². The molecule has 0 aromatic heterocycles. The van der Waals surface area contributed by atoms with E-state index in [1.165, 1.54) is 0 Å². The van der Waals surface area contributed by atoms with Crippen molar-refractivity contribution in [1.82, 2.24) is 5.32 Å². The number of unbranched alkanes of at least 4 members (excludes halogenated alkanes) is 1. The van der Waals surface area contributed by atoms with Crippen molar-refractivity contribution in [1.29, 1.82) is 0 Å². The molecule has 0 fully saturated rings. The minimum Gasteiger partial charge on any atom is -0.465 e. The number of nitrogens with two attached hydrogens (primary N) is 1. The molecule has 0 saturated carbocycles. The van der Waals surface area contributed by atoms with Crippen LogP contribution in [0, 0.1) is 0 Å². The van der Waals surface area contributed by atoms with Crippen LogP contribution in [0.4, 0.5) is 0 Å². The molecular weight excluding hydrogens is 280 g/mol. The standard InChI is InChI=1S/C17H24N2O3/c1-3-4-9-22-17(21)14-10-12-7-5-6-8-13(12)15(19-14)16(20)11(2)18/h5-8,11,14-15,19H,3-4,9-10,18H2,1-2H3. The Bertz CT molecular complexity index is 542. The summed E-state index contributed by atoms with van der Waals surface area (Å²) in [7, 11) is 0. The van der Waals surface area contributed by atoms with Gasteiger partial charge < -0.3 is 10.5 Å². The van der Waals surface area contributed by atoms with Crippen molar-refractivity contribution in [3.63, 3.8) is 0 Å². The van der Waals surface area contributed by atoms with Gasteiger partial charge in [0.15, 0.2) is 5.78 Å². The molecule has 0 radical (unpaired) electrons. The Morgan fingerprint density at radius 1 is 1.41 bits per heavy atom. The van der Waals surface area contributed by atoms with Gasteiger partial charge in [-0.3, -0.25) is 14.9 Å². The highest BCUT2D eigenvalue weighted by Gasteiger charge is 2.35. The Morgan fingerprint density at radius 2 is 2.14 bits per heavy atom. The van der Waals surface area contributed by atoms with Crippen molar-refractivity contribution in [3.8, 4) is 0 Å². The zero-order valence-corrected chi connectivity index (χ0v) is 13.2. The first-order valence-corrected chi connectivity index (χ1v) is 7.84. The predicted octanol–water partition coefficient (Wildman–Crippen LogP) is 1.50. The SMILES string of the molecule is CCCCOC(=O)C1Cc2ccccc2C(C(=O)C(C)N)N1. The van der Waals surface area contributed by atoms with E-state index in [9.17, 15) is 9.59 Å². The molecule has 0 saturated heterocycles. The molecule has 0 spiro atoms. The van der Waals surface area contributed by atoms with E-state index in [1.807, 2.05) is 31.2 Å². The summed E-state index contributed by atoms with van der Waals surface area (Å²) < 4.78 is 5.28. The van der Waals surface area contributed by atoms with Crippen LogP contribution in [0.2, 0.25) is 0 Å². The van der Waals surface area contributed by atoms with Gasteiger partial charge >= 0.3 is 5.97 Å². The molecule has 1 aromatic rings. The maximum Gasteiger partial charge on any atom is 0.323 e. The van der Waals surface area contributed by atoms with Crippen LogP contribution < -0.4 is 11.1 Å². The second-order valence-corrected chi connectivity index (χ2v) is 5.77. The molecule has 22 heavy (non-hydrogen) atoms. The van der Waals surface area contributed by atoms with Gasteiger partial charge in [0, 0.05) is 0 Å². The lowest BCUT2D eigenvalue weighted by atomic mass is 9.87. The third kappa shape index (κ3) is 3.72. The first-order chi connectivity index (χ1) is 10.5. The maximum absolute atomic E-state index is 12.3. The summed E-state index contributed by atoms with van der Waals surface area (Å²) in [5, 5.41) is 3.11. The lowest BCUT2D eigenvalue weighted by Gasteiger charge is -2.32. The normalized spacial score (nSPS) is 21.8. The lowest BCUT2D eigenvalue weighted by Crippen LogP contribution is -2.50. The second-order valence-electron chi connectivity index (χ2n) is 5.77. The van der Waals surface area contributed by atoms with E-state index in [-0.39, 0.29) is 11.8 Å². The van der Waals surface area contributed by atoms with Gasteiger partial charge in [-0.1, -0.05) is 37.6 Å². The molecule has 1 aliphatic rings. The molecule has 1 heterocycles. The van der Waals surface area contributed by atoms with Crippen molar-refractivity contribution < 1.29 is 14.3 Å². The van der Waals surface area contributed by atoms with Gasteiger partial charge in [0.1, 0.15) is 6.04 Å². The zero-order valence-electron chi connectivity index (χ0n) is 13.2. The number of esters is 1. The van der Waals surface area contributed by atoms with Crippen molar-refractivity contribution >= 4 is 11.8 Å². The summed E-state index contributed by atoms with van der Waals surface area (Å²) in [6.45, 7) is 4.12. The summed E-state index contributed by atoms with van der Waals surface area (Å²) in [6, 6.07) is 6.03. The molecule has 0 amide bonds. The largest absolute Gasteiger partial charge is 0.465 e. The lowest BCUT2D eigenvalue weighted by molar-refractivity contribution is -0.147. The number of carbonyl (C=O) groups excluding carboxylic acids is 2. The third-order valence-electron chi connectivity index (χ3n) is 3.92. The fourth-order valence-corrected chi connectivity index (χ4v) is 2.64. The number of ether oxygens (including phenoxy) is 1. The average Bonchev–Trinajstić information content (AvgIpc) is 2.53. The average molecular weight is 304 g/mol. The molecule has 3 unspecified atom stereocenters. The van der Waals surface area contributed by atoms with Crippen molar-refractivity contribution in [3.05, 3.63) is 35.4 Å². The van der Waals surface area contributed by atoms with E-state index >= 15 is 0 Å². The topological polar surface area (TPSA) is 81.4 Å². The van der Waals surface area contributed by atoms with Gasteiger partial charge in [0.2, 0.25) is 0 Å². The van der Waals surface area contributed by atoms with Crippen LogP contribution in [0.5, 0.6) is 0 Å². The van der Waals surface area contributed by atoms with E-state index in [0.29, 0.717) is 13.0 Å². The molecule has 120 valence electrons. The van der Waals surface area contributed by atoms with Crippen LogP contribution in [0.15, 0.2) is 24.3 Å². The van der Waals surface area contributed by atoms with Crippen LogP contribution in [0.1, 0.15) is 43.9 Å². The number of carbonyl (C=O) groups is 2. The van der Waals surface area contributed by atoms with Gasteiger partial charge in [0.25, 0.3) is 0 Å². The molecule has 1 aromatic carbocycles. The number of Topliss-reactive ketones (excluding diaryl/α,β-unsaturated/α-hetero) is 1. The second kappa shape index (κ2) is 7.51. The first-order valence-electron chi connectivity index (χ1n) is 7.84. The summed E-state index contributed by atoms with van der Waals surface area (Å²) in [5.74, 6) is -0.413. The number of hydrogen-bond donors (Lipinski definition) is 2. The number of nitrogens with one attached hydrogen (secondary N) is 1. The fraction of sp³-hybridized carbons (Fsp3) is 0.529. The molecule has 1 aliphatic heterocycles. The Kier molecular flexibility index (Phi) is 5.69. The van der Waals surface area contributed by atoms with Crippen LogP contribution in [-0.4, -0.2) is 30.4 Å². The Morgan fingerprint density at radius 3 is 2.82 bits per heavy atom. The van der Waals surface area contributed by atoms with Crippen LogP contribution >= 0.6 is 0 Å². The van der Waals surface area contributed by atoms with Gasteiger partial charge in [-0.25, -0.2) is 0 Å². The Labute approximate surface area is 131 Å². The molecule has 0 aliphatic carbocycles. The van der Waals surface area contributed by atoms with E-state index in [0.717, 1.165) is 24.0 Å². The van der Waals surface area contributed by atoms with E-state index in [2.05, 4.69) is 5.32 Å². The summed E-state index contributed by atoms with van der Waals surface area (Å²) >= 11 is 0. The van der Waals surface area contributed by atoms with Gasteiger partial charge in [0.05, 0.1) is 18.7 Å². The monoisotopic (exact) mass is 304 g/mol. The maximum atomic E-state index is 12.3. The number of ketones is 1. The highest BCUT2D eigenvalue weighted by molar-refractivity contribution is 5.91. The predicted molar refractivity (Wildman–Crippen MR) is 84.3 cm³/mol. The summed E-state index contributed by atoms with van der Waals surface area (Å²) in [6.07, 6.45) is 2.35. The number of hydrogen-bond acceptors (Lipinski definition) is 5. The Hall–Kier alpha value is -1.72. The molecule has 5 nitrogen and oxygen atoms in total. The Balaban J connectivity index is 2.17. The van der Waals surface area contributed by atoms with E-state index in [1.54, 1.807) is 6.92 Å². The van der Waals surface area contributed by atoms with Gasteiger partial charge in [-0.15, -0.1) is 0 Å². The summed E-state index contributed by atoms with van der Waals surface area (Å²) in [5.41, 5.74) is 7.64. The molecule has 5 heteroatoms. The first kappa shape index (κ1) is 16.6. The van der Waals surface area contributed by atoms with Gasteiger partial charge in [-0.05, 0) is 30.9 Å². The quantitative estimate of drug-likeness (QED) is 0.615.